The molecule has 1 aliphatic heterocycles. The monoisotopic (exact) mass is 586 g/mol. The molecule has 0 saturated carbocycles. The highest BCUT2D eigenvalue weighted by Crippen LogP contribution is 2.39. The molecular weight excluding hydrogens is 567 g/mol. The van der Waals surface area contributed by atoms with Crippen LogP contribution < -0.4 is 0 Å². The van der Waals surface area contributed by atoms with E-state index < -0.39 is 48.5 Å². The van der Waals surface area contributed by atoms with Crippen molar-refractivity contribution in [2.75, 3.05) is 6.61 Å². The zero-order valence-electron chi connectivity index (χ0n) is 20.0. The van der Waals surface area contributed by atoms with E-state index in [9.17, 15) is 27.8 Å². The van der Waals surface area contributed by atoms with Crippen LogP contribution in [0, 0.1) is 12.7 Å². The first-order valence-corrected chi connectivity index (χ1v) is 12.3. The van der Waals surface area contributed by atoms with E-state index in [-0.39, 0.29) is 33.8 Å². The van der Waals surface area contributed by atoms with Gasteiger partial charge in [0.1, 0.15) is 35.6 Å². The van der Waals surface area contributed by atoms with Gasteiger partial charge in [-0.2, -0.15) is 18.3 Å². The van der Waals surface area contributed by atoms with E-state index in [1.165, 1.54) is 23.0 Å². The number of alkyl halides is 3. The van der Waals surface area contributed by atoms with E-state index >= 15 is 0 Å². The summed E-state index contributed by atoms with van der Waals surface area (Å²) >= 11 is 12.0. The maximum Gasteiger partial charge on any atom is 0.416 e. The number of aliphatic hydroxyl groups excluding tert-OH is 2. The molecule has 3 heterocycles. The molecular formula is C24H20Cl2F4N6O3. The van der Waals surface area contributed by atoms with Crippen LogP contribution in [0.25, 0.3) is 16.9 Å². The molecule has 1 saturated heterocycles. The minimum Gasteiger partial charge on any atom is -0.394 e. The average molecular weight is 587 g/mol. The van der Waals surface area contributed by atoms with Crippen LogP contribution in [-0.2, 0) is 10.9 Å². The molecule has 4 unspecified atom stereocenters. The number of nitrogens with zero attached hydrogens (tertiary/aromatic N) is 6. The highest BCUT2D eigenvalue weighted by Gasteiger charge is 2.42. The van der Waals surface area contributed by atoms with Crippen LogP contribution in [-0.4, -0.2) is 58.8 Å². The quantitative estimate of drug-likeness (QED) is 0.325. The van der Waals surface area contributed by atoms with Crippen molar-refractivity contribution in [3.8, 4) is 16.9 Å². The number of ether oxygens (including phenoxy) is 1. The van der Waals surface area contributed by atoms with E-state index in [0.29, 0.717) is 11.3 Å². The molecule has 1 fully saturated rings. The Labute approximate surface area is 228 Å². The van der Waals surface area contributed by atoms with Gasteiger partial charge in [0, 0.05) is 12.0 Å². The van der Waals surface area contributed by atoms with E-state index in [1.807, 2.05) is 0 Å². The van der Waals surface area contributed by atoms with Crippen molar-refractivity contribution in [3.05, 3.63) is 75.7 Å². The predicted molar refractivity (Wildman–Crippen MR) is 131 cm³/mol. The van der Waals surface area contributed by atoms with Crippen molar-refractivity contribution in [1.82, 2.24) is 29.8 Å². The van der Waals surface area contributed by atoms with Crippen LogP contribution in [0.1, 0.15) is 35.8 Å². The van der Waals surface area contributed by atoms with Crippen molar-refractivity contribution in [2.45, 2.75) is 43.9 Å². The molecule has 4 aromatic rings. The predicted octanol–water partition coefficient (Wildman–Crippen LogP) is 4.72. The van der Waals surface area contributed by atoms with Gasteiger partial charge in [0.25, 0.3) is 0 Å². The second kappa shape index (κ2) is 10.5. The SMILES string of the molecule is Cc1nc(C2CC(n3cc(-c4ccc(Cl)c(F)c4)nn3)C(O)C(CO)O2)n(-c2cc(C(F)(F)F)ccc2Cl)n1. The summed E-state index contributed by atoms with van der Waals surface area (Å²) in [7, 11) is 0. The largest absolute Gasteiger partial charge is 0.416 e. The Morgan fingerprint density at radius 3 is 2.56 bits per heavy atom. The summed E-state index contributed by atoms with van der Waals surface area (Å²) in [5.74, 6) is -0.291. The lowest BCUT2D eigenvalue weighted by Gasteiger charge is -2.38. The molecule has 5 rings (SSSR count). The smallest absolute Gasteiger partial charge is 0.394 e. The zero-order valence-corrected chi connectivity index (χ0v) is 21.5. The molecule has 9 nitrogen and oxygen atoms in total. The Morgan fingerprint density at radius 2 is 1.87 bits per heavy atom. The van der Waals surface area contributed by atoms with Crippen LogP contribution in [0.2, 0.25) is 10.0 Å². The molecule has 2 N–H and O–H groups in total. The Morgan fingerprint density at radius 1 is 1.13 bits per heavy atom. The summed E-state index contributed by atoms with van der Waals surface area (Å²) in [4.78, 5) is 4.36. The fourth-order valence-corrected chi connectivity index (χ4v) is 4.75. The van der Waals surface area contributed by atoms with E-state index in [2.05, 4.69) is 20.4 Å². The van der Waals surface area contributed by atoms with E-state index in [0.717, 1.165) is 22.9 Å². The Kier molecular flexibility index (Phi) is 7.37. The molecule has 15 heteroatoms. The number of hydrogen-bond acceptors (Lipinski definition) is 7. The number of benzene rings is 2. The lowest BCUT2D eigenvalue weighted by Crippen LogP contribution is -2.45. The fourth-order valence-electron chi connectivity index (χ4n) is 4.43. The van der Waals surface area contributed by atoms with Gasteiger partial charge in [0.15, 0.2) is 5.82 Å². The second-order valence-electron chi connectivity index (χ2n) is 8.95. The molecule has 0 spiro atoms. The summed E-state index contributed by atoms with van der Waals surface area (Å²) in [5, 5.41) is 33.2. The normalized spacial score (nSPS) is 21.9. The summed E-state index contributed by atoms with van der Waals surface area (Å²) in [6.45, 7) is 0.977. The Balaban J connectivity index is 1.51. The molecule has 2 aromatic heterocycles. The number of halogens is 6. The number of hydrogen-bond donors (Lipinski definition) is 2. The first kappa shape index (κ1) is 27.5. The van der Waals surface area contributed by atoms with Gasteiger partial charge in [0.2, 0.25) is 0 Å². The van der Waals surface area contributed by atoms with Gasteiger partial charge in [-0.25, -0.2) is 18.7 Å². The van der Waals surface area contributed by atoms with E-state index in [4.69, 9.17) is 27.9 Å². The molecule has 2 aromatic carbocycles. The van der Waals surface area contributed by atoms with Crippen molar-refractivity contribution in [2.24, 2.45) is 0 Å². The summed E-state index contributed by atoms with van der Waals surface area (Å²) in [5.41, 5.74) is -0.298. The third-order valence-corrected chi connectivity index (χ3v) is 6.97. The number of rotatable bonds is 5. The highest BCUT2D eigenvalue weighted by molar-refractivity contribution is 6.32. The van der Waals surface area contributed by atoms with Crippen molar-refractivity contribution in [3.63, 3.8) is 0 Å². The van der Waals surface area contributed by atoms with Gasteiger partial charge in [-0.3, -0.25) is 0 Å². The molecule has 0 amide bonds. The first-order chi connectivity index (χ1) is 18.5. The molecule has 0 radical (unpaired) electrons. The van der Waals surface area contributed by atoms with Gasteiger partial charge in [-0.05, 0) is 37.3 Å². The van der Waals surface area contributed by atoms with Gasteiger partial charge in [-0.15, -0.1) is 5.10 Å². The molecule has 0 bridgehead atoms. The van der Waals surface area contributed by atoms with Gasteiger partial charge < -0.3 is 14.9 Å². The molecule has 39 heavy (non-hydrogen) atoms. The maximum absolute atomic E-state index is 14.0. The Bertz CT molecular complexity index is 1510. The highest BCUT2D eigenvalue weighted by atomic mass is 35.5. The third-order valence-electron chi connectivity index (χ3n) is 6.34. The maximum atomic E-state index is 14.0. The lowest BCUT2D eigenvalue weighted by atomic mass is 9.95. The zero-order chi connectivity index (χ0) is 28.1. The molecule has 4 atom stereocenters. The standard InChI is InChI=1S/C24H20Cl2F4N6O3/c1-11-31-23(36(33-11)18-7-13(24(28,29)30)3-5-15(18)26)20-8-19(22(38)21(10-37)39-20)35-9-17(32-34-35)12-2-4-14(25)16(27)6-12/h2-7,9,19-22,37-38H,8,10H2,1H3. The summed E-state index contributed by atoms with van der Waals surface area (Å²) in [6.07, 6.45) is -6.38. The average Bonchev–Trinajstić information content (AvgIpc) is 3.53. The second-order valence-corrected chi connectivity index (χ2v) is 9.76. The van der Waals surface area contributed by atoms with Gasteiger partial charge >= 0.3 is 6.18 Å². The third kappa shape index (κ3) is 5.37. The molecule has 206 valence electrons. The van der Waals surface area contributed by atoms with Gasteiger partial charge in [0.05, 0.1) is 40.1 Å². The van der Waals surface area contributed by atoms with Crippen LogP contribution in [0.5, 0.6) is 0 Å². The minimum atomic E-state index is -4.62. The lowest BCUT2D eigenvalue weighted by molar-refractivity contribution is -0.161. The molecule has 1 aliphatic rings. The van der Waals surface area contributed by atoms with Crippen LogP contribution in [0.15, 0.2) is 42.6 Å². The first-order valence-electron chi connectivity index (χ1n) is 11.6. The molecule has 0 aliphatic carbocycles. The van der Waals surface area contributed by atoms with Crippen molar-refractivity contribution >= 4 is 23.2 Å². The minimum absolute atomic E-state index is 0.00336. The van der Waals surface area contributed by atoms with E-state index in [1.54, 1.807) is 13.0 Å². The Hall–Kier alpha value is -3.10. The number of aryl methyl sites for hydroxylation is 1. The number of aromatic nitrogens is 6. The van der Waals surface area contributed by atoms with Crippen molar-refractivity contribution < 1.29 is 32.5 Å². The van der Waals surface area contributed by atoms with Crippen LogP contribution >= 0.6 is 23.2 Å². The topological polar surface area (TPSA) is 111 Å². The summed E-state index contributed by atoms with van der Waals surface area (Å²) in [6, 6.07) is 6.15. The van der Waals surface area contributed by atoms with Gasteiger partial charge in [-0.1, -0.05) is 34.5 Å². The van der Waals surface area contributed by atoms with Crippen LogP contribution in [0.4, 0.5) is 17.6 Å². The van der Waals surface area contributed by atoms with Crippen molar-refractivity contribution in [1.29, 1.82) is 0 Å². The summed E-state index contributed by atoms with van der Waals surface area (Å²) < 4.78 is 62.6. The number of aliphatic hydroxyl groups is 2. The van der Waals surface area contributed by atoms with Crippen LogP contribution in [0.3, 0.4) is 0 Å². The fraction of sp³-hybridized carbons (Fsp3) is 0.333.